The summed E-state index contributed by atoms with van der Waals surface area (Å²) in [6.45, 7) is 4.99. The lowest BCUT2D eigenvalue weighted by Gasteiger charge is -2.24. The van der Waals surface area contributed by atoms with Gasteiger partial charge in [0.1, 0.15) is 5.60 Å². The normalized spacial score (nSPS) is 19.2. The van der Waals surface area contributed by atoms with E-state index in [1.54, 1.807) is 0 Å². The second-order valence-corrected chi connectivity index (χ2v) is 8.14. The minimum Gasteiger partial charge on any atom is -0.490 e. The van der Waals surface area contributed by atoms with Gasteiger partial charge in [-0.3, -0.25) is 0 Å². The molecule has 1 aliphatic heterocycles. The highest BCUT2D eigenvalue weighted by atomic mass is 16.5. The van der Waals surface area contributed by atoms with Gasteiger partial charge in [-0.2, -0.15) is 0 Å². The van der Waals surface area contributed by atoms with E-state index in [0.29, 0.717) is 11.8 Å². The Kier molecular flexibility index (Phi) is 4.76. The number of para-hydroxylation sites is 1. The SMILES string of the molecule is CC1(C)Cc2cccc(OCCC(c3ccccc3)C3CC=CC3)c2O1. The van der Waals surface area contributed by atoms with Gasteiger partial charge < -0.3 is 9.47 Å². The molecule has 0 bridgehead atoms. The molecule has 0 saturated heterocycles. The first kappa shape index (κ1) is 17.2. The third-order valence-electron chi connectivity index (χ3n) is 5.58. The van der Waals surface area contributed by atoms with Gasteiger partial charge in [0.25, 0.3) is 0 Å². The molecule has 1 heterocycles. The molecule has 0 aromatic heterocycles. The molecule has 2 aromatic carbocycles. The number of fused-ring (bicyclic) bond motifs is 1. The molecule has 136 valence electrons. The van der Waals surface area contributed by atoms with Crippen LogP contribution in [0.5, 0.6) is 11.5 Å². The molecule has 0 fully saturated rings. The van der Waals surface area contributed by atoms with Gasteiger partial charge in [-0.1, -0.05) is 54.6 Å². The summed E-state index contributed by atoms with van der Waals surface area (Å²) < 4.78 is 12.3. The molecule has 1 unspecified atom stereocenters. The van der Waals surface area contributed by atoms with Gasteiger partial charge in [0.2, 0.25) is 0 Å². The Balaban J connectivity index is 1.44. The summed E-state index contributed by atoms with van der Waals surface area (Å²) in [6.07, 6.45) is 8.97. The first-order valence-corrected chi connectivity index (χ1v) is 9.76. The van der Waals surface area contributed by atoms with Gasteiger partial charge in [0.05, 0.1) is 6.61 Å². The van der Waals surface area contributed by atoms with Crippen molar-refractivity contribution >= 4 is 0 Å². The van der Waals surface area contributed by atoms with Crippen molar-refractivity contribution < 1.29 is 9.47 Å². The fourth-order valence-corrected chi connectivity index (χ4v) is 4.34. The van der Waals surface area contributed by atoms with Crippen LogP contribution in [-0.4, -0.2) is 12.2 Å². The molecule has 2 aliphatic rings. The molecule has 1 atom stereocenters. The monoisotopic (exact) mass is 348 g/mol. The summed E-state index contributed by atoms with van der Waals surface area (Å²) in [5, 5.41) is 0. The first-order valence-electron chi connectivity index (χ1n) is 9.76. The highest BCUT2D eigenvalue weighted by molar-refractivity contribution is 5.50. The lowest BCUT2D eigenvalue weighted by atomic mass is 9.82. The standard InChI is InChI=1S/C24H28O2/c1-24(2)17-20-13-8-14-22(23(20)26-24)25-16-15-21(19-11-6-7-12-19)18-9-4-3-5-10-18/h3-10,13-14,19,21H,11-12,15-17H2,1-2H3. The summed E-state index contributed by atoms with van der Waals surface area (Å²) in [5.74, 6) is 3.07. The van der Waals surface area contributed by atoms with Gasteiger partial charge in [0.15, 0.2) is 11.5 Å². The van der Waals surface area contributed by atoms with Crippen LogP contribution < -0.4 is 9.47 Å². The highest BCUT2D eigenvalue weighted by Crippen LogP contribution is 2.42. The third kappa shape index (κ3) is 3.65. The predicted octanol–water partition coefficient (Wildman–Crippen LogP) is 5.92. The van der Waals surface area contributed by atoms with Gasteiger partial charge >= 0.3 is 0 Å². The van der Waals surface area contributed by atoms with Crippen molar-refractivity contribution in [2.75, 3.05) is 6.61 Å². The molecular formula is C24H28O2. The minimum absolute atomic E-state index is 0.135. The number of rotatable bonds is 6. The molecule has 2 heteroatoms. The van der Waals surface area contributed by atoms with Crippen molar-refractivity contribution in [1.29, 1.82) is 0 Å². The maximum atomic E-state index is 6.21. The zero-order valence-electron chi connectivity index (χ0n) is 15.8. The summed E-state index contributed by atoms with van der Waals surface area (Å²) in [4.78, 5) is 0. The highest BCUT2D eigenvalue weighted by Gasteiger charge is 2.32. The number of hydrogen-bond acceptors (Lipinski definition) is 2. The van der Waals surface area contributed by atoms with Gasteiger partial charge in [0, 0.05) is 12.0 Å². The van der Waals surface area contributed by atoms with Crippen LogP contribution in [0, 0.1) is 5.92 Å². The summed E-state index contributed by atoms with van der Waals surface area (Å²) in [5.41, 5.74) is 2.55. The molecule has 0 amide bonds. The van der Waals surface area contributed by atoms with Gasteiger partial charge in [-0.25, -0.2) is 0 Å². The van der Waals surface area contributed by atoms with E-state index in [1.165, 1.54) is 24.0 Å². The Morgan fingerprint density at radius 2 is 1.81 bits per heavy atom. The number of benzene rings is 2. The number of ether oxygens (including phenoxy) is 2. The molecular weight excluding hydrogens is 320 g/mol. The van der Waals surface area contributed by atoms with E-state index in [1.807, 2.05) is 6.07 Å². The fourth-order valence-electron chi connectivity index (χ4n) is 4.34. The zero-order chi connectivity index (χ0) is 18.0. The van der Waals surface area contributed by atoms with E-state index in [-0.39, 0.29) is 5.60 Å². The fraction of sp³-hybridized carbons (Fsp3) is 0.417. The second kappa shape index (κ2) is 7.19. The van der Waals surface area contributed by atoms with Crippen LogP contribution in [0.2, 0.25) is 0 Å². The van der Waals surface area contributed by atoms with E-state index in [2.05, 4.69) is 68.5 Å². The van der Waals surface area contributed by atoms with Crippen molar-refractivity contribution in [2.24, 2.45) is 5.92 Å². The first-order chi connectivity index (χ1) is 12.6. The predicted molar refractivity (Wildman–Crippen MR) is 106 cm³/mol. The van der Waals surface area contributed by atoms with Crippen molar-refractivity contribution in [2.45, 2.75) is 51.0 Å². The number of allylic oxidation sites excluding steroid dienone is 2. The Hall–Kier alpha value is -2.22. The lowest BCUT2D eigenvalue weighted by Crippen LogP contribution is -2.24. The summed E-state index contributed by atoms with van der Waals surface area (Å²) in [7, 11) is 0. The Morgan fingerprint density at radius 1 is 1.04 bits per heavy atom. The van der Waals surface area contributed by atoms with Crippen molar-refractivity contribution in [3.63, 3.8) is 0 Å². The third-order valence-corrected chi connectivity index (χ3v) is 5.58. The van der Waals surface area contributed by atoms with Crippen LogP contribution in [0.3, 0.4) is 0 Å². The van der Waals surface area contributed by atoms with Crippen molar-refractivity contribution in [3.8, 4) is 11.5 Å². The van der Waals surface area contributed by atoms with Crippen LogP contribution in [-0.2, 0) is 6.42 Å². The van der Waals surface area contributed by atoms with Gasteiger partial charge in [-0.15, -0.1) is 0 Å². The maximum Gasteiger partial charge on any atom is 0.165 e. The van der Waals surface area contributed by atoms with Crippen LogP contribution >= 0.6 is 0 Å². The van der Waals surface area contributed by atoms with E-state index < -0.39 is 0 Å². The summed E-state index contributed by atoms with van der Waals surface area (Å²) >= 11 is 0. The van der Waals surface area contributed by atoms with Gasteiger partial charge in [-0.05, 0) is 56.6 Å². The zero-order valence-corrected chi connectivity index (χ0v) is 15.8. The molecule has 0 saturated carbocycles. The van der Waals surface area contributed by atoms with Crippen molar-refractivity contribution in [1.82, 2.24) is 0 Å². The summed E-state index contributed by atoms with van der Waals surface area (Å²) in [6, 6.07) is 17.2. The molecule has 26 heavy (non-hydrogen) atoms. The molecule has 2 aromatic rings. The molecule has 2 nitrogen and oxygen atoms in total. The van der Waals surface area contributed by atoms with E-state index in [4.69, 9.17) is 9.47 Å². The smallest absolute Gasteiger partial charge is 0.165 e. The number of hydrogen-bond donors (Lipinski definition) is 0. The molecule has 0 spiro atoms. The second-order valence-electron chi connectivity index (χ2n) is 8.14. The van der Waals surface area contributed by atoms with Crippen LogP contribution in [0.25, 0.3) is 0 Å². The van der Waals surface area contributed by atoms with E-state index >= 15 is 0 Å². The quantitative estimate of drug-likeness (QED) is 0.603. The Bertz CT molecular complexity index is 768. The van der Waals surface area contributed by atoms with E-state index in [0.717, 1.165) is 30.9 Å². The van der Waals surface area contributed by atoms with Crippen LogP contribution in [0.4, 0.5) is 0 Å². The Morgan fingerprint density at radius 3 is 2.58 bits per heavy atom. The molecule has 4 rings (SSSR count). The van der Waals surface area contributed by atoms with E-state index in [9.17, 15) is 0 Å². The maximum absolute atomic E-state index is 6.21. The average Bonchev–Trinajstić information content (AvgIpc) is 3.26. The van der Waals surface area contributed by atoms with Crippen molar-refractivity contribution in [3.05, 3.63) is 71.8 Å². The Labute approximate surface area is 156 Å². The van der Waals surface area contributed by atoms with Crippen LogP contribution in [0.1, 0.15) is 50.2 Å². The minimum atomic E-state index is -0.135. The molecule has 0 N–H and O–H groups in total. The van der Waals surface area contributed by atoms with Crippen LogP contribution in [0.15, 0.2) is 60.7 Å². The largest absolute Gasteiger partial charge is 0.490 e. The lowest BCUT2D eigenvalue weighted by molar-refractivity contribution is 0.131. The molecule has 1 aliphatic carbocycles. The average molecular weight is 348 g/mol. The topological polar surface area (TPSA) is 18.5 Å². The molecule has 0 radical (unpaired) electrons.